The molecule has 1 aliphatic rings. The van der Waals surface area contributed by atoms with Crippen molar-refractivity contribution in [2.24, 2.45) is 0 Å². The lowest BCUT2D eigenvalue weighted by molar-refractivity contribution is -0.139. The lowest BCUT2D eigenvalue weighted by Gasteiger charge is -2.14. The Labute approximate surface area is 96.4 Å². The van der Waals surface area contributed by atoms with Crippen molar-refractivity contribution in [3.05, 3.63) is 11.6 Å². The Hall–Kier alpha value is -0.870. The maximum absolute atomic E-state index is 10.3. The van der Waals surface area contributed by atoms with E-state index in [1.54, 1.807) is 0 Å². The predicted molar refractivity (Wildman–Crippen MR) is 62.3 cm³/mol. The quantitative estimate of drug-likeness (QED) is 0.453. The number of hydrogen-bond acceptors (Lipinski definition) is 3. The number of nitrogens with one attached hydrogen (secondary N) is 1. The molecule has 0 saturated heterocycles. The summed E-state index contributed by atoms with van der Waals surface area (Å²) in [5.41, 5.74) is 1.49. The molecular weight excluding hydrogens is 206 g/mol. The fourth-order valence-electron chi connectivity index (χ4n) is 1.92. The van der Waals surface area contributed by atoms with Crippen molar-refractivity contribution in [2.75, 3.05) is 13.1 Å². The highest BCUT2D eigenvalue weighted by atomic mass is 16.4. The number of carbonyl (C=O) groups is 1. The number of hydrogen-bond donors (Lipinski definition) is 3. The summed E-state index contributed by atoms with van der Waals surface area (Å²) in [5, 5.41) is 20.8. The summed E-state index contributed by atoms with van der Waals surface area (Å²) in [4.78, 5) is 10.3. The van der Waals surface area contributed by atoms with Crippen LogP contribution in [-0.4, -0.2) is 35.4 Å². The highest BCUT2D eigenvalue weighted by Crippen LogP contribution is 2.19. The van der Waals surface area contributed by atoms with Gasteiger partial charge in [0.2, 0.25) is 0 Å². The third-order valence-corrected chi connectivity index (χ3v) is 2.80. The van der Waals surface area contributed by atoms with Crippen molar-refractivity contribution in [1.82, 2.24) is 5.32 Å². The van der Waals surface area contributed by atoms with Gasteiger partial charge in [-0.3, -0.25) is 4.79 Å². The largest absolute Gasteiger partial charge is 0.481 e. The van der Waals surface area contributed by atoms with Gasteiger partial charge >= 0.3 is 5.97 Å². The molecule has 1 atom stereocenters. The lowest BCUT2D eigenvalue weighted by Crippen LogP contribution is -2.29. The molecule has 16 heavy (non-hydrogen) atoms. The van der Waals surface area contributed by atoms with Crippen molar-refractivity contribution in [1.29, 1.82) is 0 Å². The molecule has 0 heterocycles. The number of rotatable bonds is 7. The van der Waals surface area contributed by atoms with Crippen LogP contribution in [0.1, 0.15) is 38.5 Å². The van der Waals surface area contributed by atoms with Crippen LogP contribution in [-0.2, 0) is 4.79 Å². The number of allylic oxidation sites excluding steroid dienone is 1. The lowest BCUT2D eigenvalue weighted by atomic mass is 9.97. The Morgan fingerprint density at radius 3 is 2.94 bits per heavy atom. The second kappa shape index (κ2) is 7.41. The van der Waals surface area contributed by atoms with Crippen molar-refractivity contribution in [3.63, 3.8) is 0 Å². The van der Waals surface area contributed by atoms with Gasteiger partial charge in [0.05, 0.1) is 12.5 Å². The molecule has 0 aromatic rings. The first-order valence-electron chi connectivity index (χ1n) is 5.97. The molecule has 0 bridgehead atoms. The Morgan fingerprint density at radius 1 is 1.50 bits per heavy atom. The second-order valence-corrected chi connectivity index (χ2v) is 4.31. The Balaban J connectivity index is 2.02. The topological polar surface area (TPSA) is 69.6 Å². The van der Waals surface area contributed by atoms with Gasteiger partial charge < -0.3 is 15.5 Å². The average molecular weight is 227 g/mol. The van der Waals surface area contributed by atoms with Crippen molar-refractivity contribution in [3.8, 4) is 0 Å². The predicted octanol–water partition coefficient (Wildman–Crippen LogP) is 1.30. The first-order chi connectivity index (χ1) is 7.68. The standard InChI is InChI=1S/C12H21NO3/c14-11(8-12(15)16)9-13-7-6-10-4-2-1-3-5-10/h4,11,13-14H,1-3,5-9H2,(H,15,16). The minimum absolute atomic E-state index is 0.185. The van der Waals surface area contributed by atoms with Crippen molar-refractivity contribution < 1.29 is 15.0 Å². The van der Waals surface area contributed by atoms with Crippen molar-refractivity contribution >= 4 is 5.97 Å². The minimum Gasteiger partial charge on any atom is -0.481 e. The van der Waals surface area contributed by atoms with Crippen LogP contribution in [0.4, 0.5) is 0 Å². The molecular formula is C12H21NO3. The SMILES string of the molecule is O=C(O)CC(O)CNCCC1=CCCCC1. The zero-order valence-electron chi connectivity index (χ0n) is 9.61. The highest BCUT2D eigenvalue weighted by Gasteiger charge is 2.08. The molecule has 0 aliphatic heterocycles. The third-order valence-electron chi connectivity index (χ3n) is 2.80. The molecule has 1 aliphatic carbocycles. The Bertz CT molecular complexity index is 251. The number of aliphatic hydroxyl groups excluding tert-OH is 1. The Kier molecular flexibility index (Phi) is 6.11. The van der Waals surface area contributed by atoms with Gasteiger partial charge in [0.25, 0.3) is 0 Å². The molecule has 0 saturated carbocycles. The molecule has 1 unspecified atom stereocenters. The van der Waals surface area contributed by atoms with E-state index in [1.807, 2.05) is 0 Å². The molecule has 0 spiro atoms. The van der Waals surface area contributed by atoms with E-state index in [4.69, 9.17) is 5.11 Å². The van der Waals surface area contributed by atoms with E-state index in [2.05, 4.69) is 11.4 Å². The summed E-state index contributed by atoms with van der Waals surface area (Å²) in [6.07, 6.45) is 7.32. The van der Waals surface area contributed by atoms with Crippen LogP contribution >= 0.6 is 0 Å². The molecule has 92 valence electrons. The summed E-state index contributed by atoms with van der Waals surface area (Å²) < 4.78 is 0. The van der Waals surface area contributed by atoms with Gasteiger partial charge in [0, 0.05) is 6.54 Å². The summed E-state index contributed by atoms with van der Waals surface area (Å²) >= 11 is 0. The van der Waals surface area contributed by atoms with Gasteiger partial charge in [-0.15, -0.1) is 0 Å². The van der Waals surface area contributed by atoms with Gasteiger partial charge in [-0.05, 0) is 38.6 Å². The van der Waals surface area contributed by atoms with E-state index in [-0.39, 0.29) is 6.42 Å². The van der Waals surface area contributed by atoms with Gasteiger partial charge in [-0.2, -0.15) is 0 Å². The van der Waals surface area contributed by atoms with Crippen LogP contribution in [0, 0.1) is 0 Å². The third kappa shape index (κ3) is 5.88. The zero-order valence-corrected chi connectivity index (χ0v) is 9.61. The molecule has 4 heteroatoms. The minimum atomic E-state index is -0.954. The van der Waals surface area contributed by atoms with E-state index < -0.39 is 12.1 Å². The van der Waals surface area contributed by atoms with Gasteiger partial charge in [0.15, 0.2) is 0 Å². The smallest absolute Gasteiger partial charge is 0.306 e. The number of carboxylic acid groups (broad SMARTS) is 1. The monoisotopic (exact) mass is 227 g/mol. The van der Waals surface area contributed by atoms with E-state index in [0.29, 0.717) is 6.54 Å². The molecule has 0 fully saturated rings. The van der Waals surface area contributed by atoms with Crippen LogP contribution in [0.5, 0.6) is 0 Å². The second-order valence-electron chi connectivity index (χ2n) is 4.31. The maximum atomic E-state index is 10.3. The van der Waals surface area contributed by atoms with Gasteiger partial charge in [-0.1, -0.05) is 11.6 Å². The average Bonchev–Trinajstić information content (AvgIpc) is 2.25. The number of aliphatic carboxylic acids is 1. The maximum Gasteiger partial charge on any atom is 0.306 e. The summed E-state index contributed by atoms with van der Waals surface area (Å²) in [7, 11) is 0. The molecule has 0 amide bonds. The number of aliphatic hydroxyl groups is 1. The molecule has 0 aromatic carbocycles. The van der Waals surface area contributed by atoms with Crippen LogP contribution < -0.4 is 5.32 Å². The van der Waals surface area contributed by atoms with Crippen LogP contribution in [0.15, 0.2) is 11.6 Å². The zero-order chi connectivity index (χ0) is 11.8. The first-order valence-corrected chi connectivity index (χ1v) is 5.97. The number of carboxylic acids is 1. The molecule has 4 nitrogen and oxygen atoms in total. The molecule has 1 rings (SSSR count). The summed E-state index contributed by atoms with van der Waals surface area (Å²) in [6.45, 7) is 1.18. The molecule has 0 radical (unpaired) electrons. The van der Waals surface area contributed by atoms with Crippen LogP contribution in [0.25, 0.3) is 0 Å². The highest BCUT2D eigenvalue weighted by molar-refractivity contribution is 5.67. The molecule has 0 aromatic heterocycles. The van der Waals surface area contributed by atoms with E-state index >= 15 is 0 Å². The van der Waals surface area contributed by atoms with Gasteiger partial charge in [0.1, 0.15) is 0 Å². The van der Waals surface area contributed by atoms with E-state index in [0.717, 1.165) is 13.0 Å². The summed E-state index contributed by atoms with van der Waals surface area (Å²) in [5.74, 6) is -0.954. The van der Waals surface area contributed by atoms with Crippen molar-refractivity contribution in [2.45, 2.75) is 44.6 Å². The first kappa shape index (κ1) is 13.2. The fourth-order valence-corrected chi connectivity index (χ4v) is 1.92. The fraction of sp³-hybridized carbons (Fsp3) is 0.750. The van der Waals surface area contributed by atoms with Crippen LogP contribution in [0.3, 0.4) is 0 Å². The van der Waals surface area contributed by atoms with Gasteiger partial charge in [-0.25, -0.2) is 0 Å². The summed E-state index contributed by atoms with van der Waals surface area (Å²) in [6, 6.07) is 0. The van der Waals surface area contributed by atoms with Crippen LogP contribution in [0.2, 0.25) is 0 Å². The normalized spacial score (nSPS) is 17.9. The Morgan fingerprint density at radius 2 is 2.31 bits per heavy atom. The van der Waals surface area contributed by atoms with E-state index in [1.165, 1.54) is 31.3 Å². The van der Waals surface area contributed by atoms with E-state index in [9.17, 15) is 9.90 Å². The molecule has 3 N–H and O–H groups in total.